The molecule has 0 spiro atoms. The van der Waals surface area contributed by atoms with Crippen LogP contribution in [0.1, 0.15) is 0 Å². The van der Waals surface area contributed by atoms with Gasteiger partial charge in [-0.05, 0) is 58.7 Å². The Morgan fingerprint density at radius 1 is 0.221 bits per heavy atom. The van der Waals surface area contributed by atoms with Crippen molar-refractivity contribution in [3.05, 3.63) is 231 Å². The van der Waals surface area contributed by atoms with Crippen molar-refractivity contribution in [1.82, 2.24) is 39.0 Å². The first-order chi connectivity index (χ1) is 33.7. The van der Waals surface area contributed by atoms with E-state index in [2.05, 4.69) is 167 Å². The van der Waals surface area contributed by atoms with Crippen LogP contribution in [0.5, 0.6) is 0 Å². The van der Waals surface area contributed by atoms with Crippen LogP contribution in [-0.4, -0.2) is 39.0 Å². The van der Waals surface area contributed by atoms with Crippen LogP contribution in [-0.2, 0) is 0 Å². The first kappa shape index (κ1) is 39.0. The topological polar surface area (TPSA) is 87.2 Å². The van der Waals surface area contributed by atoms with Gasteiger partial charge in [0.25, 0.3) is 0 Å². The summed E-state index contributed by atoms with van der Waals surface area (Å²) in [5.41, 5.74) is 11.9. The van der Waals surface area contributed by atoms with Gasteiger partial charge in [0.2, 0.25) is 11.9 Å². The van der Waals surface area contributed by atoms with E-state index in [0.717, 1.165) is 88.1 Å². The van der Waals surface area contributed by atoms with Crippen molar-refractivity contribution in [3.8, 4) is 79.7 Å². The van der Waals surface area contributed by atoms with Crippen LogP contribution in [0.3, 0.4) is 0 Å². The summed E-state index contributed by atoms with van der Waals surface area (Å²) in [5, 5.41) is 4.31. The van der Waals surface area contributed by atoms with Crippen LogP contribution < -0.4 is 0 Å². The lowest BCUT2D eigenvalue weighted by Crippen LogP contribution is -2.07. The number of rotatable bonds is 8. The molecule has 318 valence electrons. The quantitative estimate of drug-likeness (QED) is 0.151. The molecule has 0 amide bonds. The fourth-order valence-corrected chi connectivity index (χ4v) is 9.51. The van der Waals surface area contributed by atoms with E-state index >= 15 is 0 Å². The molecule has 9 aromatic carbocycles. The molecule has 13 aromatic rings. The molecular formula is C60H38N8. The second-order valence-corrected chi connectivity index (χ2v) is 16.7. The van der Waals surface area contributed by atoms with Crippen molar-refractivity contribution in [3.63, 3.8) is 0 Å². The van der Waals surface area contributed by atoms with Gasteiger partial charge in [0, 0.05) is 43.8 Å². The maximum absolute atomic E-state index is 5.31. The fraction of sp³-hybridized carbons (Fsp3) is 0. The van der Waals surface area contributed by atoms with E-state index in [4.69, 9.17) is 29.9 Å². The van der Waals surface area contributed by atoms with E-state index in [1.807, 2.05) is 72.8 Å². The monoisotopic (exact) mass is 870 g/mol. The molecule has 0 N–H and O–H groups in total. The molecule has 8 heteroatoms. The average Bonchev–Trinajstić information content (AvgIpc) is 3.95. The molecule has 4 heterocycles. The molecule has 0 bridgehead atoms. The number of nitrogens with zero attached hydrogens (tertiary/aromatic N) is 8. The molecule has 0 aliphatic rings. The molecule has 0 fully saturated rings. The highest BCUT2D eigenvalue weighted by atomic mass is 15.2. The van der Waals surface area contributed by atoms with Gasteiger partial charge in [0.1, 0.15) is 0 Å². The first-order valence-electron chi connectivity index (χ1n) is 22.6. The molecule has 0 aliphatic carbocycles. The lowest BCUT2D eigenvalue weighted by atomic mass is 10.0. The average molecular weight is 871 g/mol. The zero-order chi connectivity index (χ0) is 45.0. The number of aromatic nitrogens is 8. The second-order valence-electron chi connectivity index (χ2n) is 16.7. The highest BCUT2D eigenvalue weighted by Gasteiger charge is 2.24. The second kappa shape index (κ2) is 16.2. The van der Waals surface area contributed by atoms with E-state index in [0.29, 0.717) is 35.2 Å². The highest BCUT2D eigenvalue weighted by Crippen LogP contribution is 2.42. The van der Waals surface area contributed by atoms with E-state index in [1.54, 1.807) is 0 Å². The maximum atomic E-state index is 5.31. The summed E-state index contributed by atoms with van der Waals surface area (Å²) in [5.74, 6) is 3.41. The van der Waals surface area contributed by atoms with Crippen molar-refractivity contribution < 1.29 is 0 Å². The Hall–Kier alpha value is -9.40. The molecule has 0 unspecified atom stereocenters. The largest absolute Gasteiger partial charge is 0.278 e. The minimum atomic E-state index is 0.528. The molecule has 8 nitrogen and oxygen atoms in total. The lowest BCUT2D eigenvalue weighted by molar-refractivity contribution is 0.950. The van der Waals surface area contributed by atoms with E-state index in [1.165, 1.54) is 0 Å². The minimum absolute atomic E-state index is 0.528. The third-order valence-electron chi connectivity index (χ3n) is 12.6. The molecule has 0 saturated heterocycles. The summed E-state index contributed by atoms with van der Waals surface area (Å²) < 4.78 is 4.37. The smallest absolute Gasteiger partial charge is 0.238 e. The standard InChI is InChI=1S/C60H38N8/c1-5-19-39(20-6-1)43-27-17-29-45(37-43)57-61-55(41-23-9-3-10-24-41)63-59(65-57)67-49-33-15-13-31-47(49)53-51(67)35-36-52-54(53)48-32-14-16-34-50(48)68(52)60-64-56(42-25-11-4-12-26-42)62-58(66-60)46-30-18-28-44(38-46)40-21-7-2-8-22-40/h1-38H. The Bertz CT molecular complexity index is 3750. The first-order valence-corrected chi connectivity index (χ1v) is 22.6. The number of hydrogen-bond donors (Lipinski definition) is 0. The molecule has 13 rings (SSSR count). The van der Waals surface area contributed by atoms with Gasteiger partial charge in [-0.1, -0.05) is 194 Å². The number of fused-ring (bicyclic) bond motifs is 7. The summed E-state index contributed by atoms with van der Waals surface area (Å²) in [6.07, 6.45) is 0. The van der Waals surface area contributed by atoms with Crippen LogP contribution >= 0.6 is 0 Å². The third-order valence-corrected chi connectivity index (χ3v) is 12.6. The lowest BCUT2D eigenvalue weighted by Gasteiger charge is -2.12. The van der Waals surface area contributed by atoms with Crippen molar-refractivity contribution in [2.24, 2.45) is 0 Å². The van der Waals surface area contributed by atoms with Gasteiger partial charge in [0.15, 0.2) is 23.3 Å². The SMILES string of the molecule is c1ccc(-c2cccc(-c3nc(-c4ccccc4)nc(-n4c5ccccc5c5c6c7ccccc7n(-c7nc(-c8ccccc8)nc(-c8cccc(-c9ccccc9)c8)n7)c6ccc54)n3)c2)cc1. The summed E-state index contributed by atoms with van der Waals surface area (Å²) >= 11 is 0. The van der Waals surface area contributed by atoms with Crippen LogP contribution in [0.15, 0.2) is 231 Å². The van der Waals surface area contributed by atoms with Gasteiger partial charge in [0.05, 0.1) is 22.1 Å². The Kier molecular flexibility index (Phi) is 9.31. The molecule has 0 atom stereocenters. The molecule has 0 radical (unpaired) electrons. The zero-order valence-electron chi connectivity index (χ0n) is 36.5. The highest BCUT2D eigenvalue weighted by molar-refractivity contribution is 6.28. The molecule has 0 aliphatic heterocycles. The van der Waals surface area contributed by atoms with Crippen LogP contribution in [0, 0.1) is 0 Å². The third kappa shape index (κ3) is 6.70. The van der Waals surface area contributed by atoms with E-state index < -0.39 is 0 Å². The van der Waals surface area contributed by atoms with Crippen LogP contribution in [0.2, 0.25) is 0 Å². The molecule has 4 aromatic heterocycles. The fourth-order valence-electron chi connectivity index (χ4n) is 9.51. The van der Waals surface area contributed by atoms with Gasteiger partial charge in [-0.25, -0.2) is 9.97 Å². The molecule has 0 saturated carbocycles. The van der Waals surface area contributed by atoms with E-state index in [-0.39, 0.29) is 0 Å². The van der Waals surface area contributed by atoms with Gasteiger partial charge in [-0.3, -0.25) is 9.13 Å². The van der Waals surface area contributed by atoms with Crippen LogP contribution in [0.25, 0.3) is 123 Å². The zero-order valence-corrected chi connectivity index (χ0v) is 36.5. The number of para-hydroxylation sites is 2. The minimum Gasteiger partial charge on any atom is -0.278 e. The Balaban J connectivity index is 1.05. The Morgan fingerprint density at radius 2 is 0.529 bits per heavy atom. The molecular weight excluding hydrogens is 833 g/mol. The van der Waals surface area contributed by atoms with Crippen molar-refractivity contribution in [1.29, 1.82) is 0 Å². The van der Waals surface area contributed by atoms with Crippen molar-refractivity contribution in [2.45, 2.75) is 0 Å². The molecule has 68 heavy (non-hydrogen) atoms. The van der Waals surface area contributed by atoms with Crippen molar-refractivity contribution in [2.75, 3.05) is 0 Å². The predicted octanol–water partition coefficient (Wildman–Crippen LogP) is 14.3. The summed E-state index contributed by atoms with van der Waals surface area (Å²) in [6.45, 7) is 0. The summed E-state index contributed by atoms with van der Waals surface area (Å²) in [6, 6.07) is 79.3. The van der Waals surface area contributed by atoms with E-state index in [9.17, 15) is 0 Å². The van der Waals surface area contributed by atoms with Crippen molar-refractivity contribution >= 4 is 43.6 Å². The summed E-state index contributed by atoms with van der Waals surface area (Å²) in [7, 11) is 0. The van der Waals surface area contributed by atoms with Gasteiger partial charge in [-0.15, -0.1) is 0 Å². The van der Waals surface area contributed by atoms with Gasteiger partial charge < -0.3 is 0 Å². The van der Waals surface area contributed by atoms with Gasteiger partial charge >= 0.3 is 0 Å². The maximum Gasteiger partial charge on any atom is 0.238 e. The van der Waals surface area contributed by atoms with Crippen LogP contribution in [0.4, 0.5) is 0 Å². The normalized spacial score (nSPS) is 11.5. The number of benzene rings is 9. The van der Waals surface area contributed by atoms with Gasteiger partial charge in [-0.2, -0.15) is 19.9 Å². The predicted molar refractivity (Wildman–Crippen MR) is 275 cm³/mol. The Morgan fingerprint density at radius 3 is 0.926 bits per heavy atom. The summed E-state index contributed by atoms with van der Waals surface area (Å²) in [4.78, 5) is 31.4. The Labute approximate surface area is 391 Å². The number of hydrogen-bond acceptors (Lipinski definition) is 6.